The first-order valence-corrected chi connectivity index (χ1v) is 6.68. The molecule has 84 valence electrons. The number of hydrogen-bond acceptors (Lipinski definition) is 5. The van der Waals surface area contributed by atoms with Gasteiger partial charge in [0.15, 0.2) is 0 Å². The van der Waals surface area contributed by atoms with E-state index in [2.05, 4.69) is 4.98 Å². The number of nitrogens with one attached hydrogen (secondary N) is 1. The van der Waals surface area contributed by atoms with Crippen LogP contribution in [0.4, 0.5) is 0 Å². The third-order valence-corrected chi connectivity index (χ3v) is 4.63. The fourth-order valence-electron chi connectivity index (χ4n) is 1.20. The van der Waals surface area contributed by atoms with Crippen molar-refractivity contribution in [2.24, 2.45) is 0 Å². The summed E-state index contributed by atoms with van der Waals surface area (Å²) < 4.78 is 25.8. The van der Waals surface area contributed by atoms with Crippen LogP contribution in [0.25, 0.3) is 10.2 Å². The van der Waals surface area contributed by atoms with E-state index in [1.165, 1.54) is 0 Å². The van der Waals surface area contributed by atoms with E-state index in [1.807, 2.05) is 4.72 Å². The van der Waals surface area contributed by atoms with Gasteiger partial charge in [0.25, 0.3) is 10.0 Å². The van der Waals surface area contributed by atoms with Crippen LogP contribution < -0.4 is 4.72 Å². The lowest BCUT2D eigenvalue weighted by Gasteiger charge is -1.98. The quantitative estimate of drug-likeness (QED) is 0.873. The van der Waals surface area contributed by atoms with Gasteiger partial charge in [0.2, 0.25) is 10.2 Å². The maximum absolute atomic E-state index is 11.6. The van der Waals surface area contributed by atoms with E-state index in [-0.39, 0.29) is 4.34 Å². The Morgan fingerprint density at radius 3 is 2.69 bits per heavy atom. The van der Waals surface area contributed by atoms with E-state index in [4.69, 9.17) is 0 Å². The molecule has 1 aromatic heterocycles. The van der Waals surface area contributed by atoms with Gasteiger partial charge in [-0.3, -0.25) is 4.79 Å². The first kappa shape index (κ1) is 11.0. The molecule has 0 aliphatic heterocycles. The second-order valence-corrected chi connectivity index (χ2v) is 6.00. The Morgan fingerprint density at radius 2 is 2.06 bits per heavy atom. The zero-order valence-electron chi connectivity index (χ0n) is 8.30. The van der Waals surface area contributed by atoms with Crippen molar-refractivity contribution in [3.8, 4) is 0 Å². The van der Waals surface area contributed by atoms with Crippen LogP contribution in [0.5, 0.6) is 0 Å². The van der Waals surface area contributed by atoms with Crippen molar-refractivity contribution in [2.75, 3.05) is 0 Å². The molecule has 0 fully saturated rings. The van der Waals surface area contributed by atoms with E-state index < -0.39 is 15.9 Å². The average Bonchev–Trinajstić information content (AvgIpc) is 2.59. The summed E-state index contributed by atoms with van der Waals surface area (Å²) in [5.74, 6) is -0.626. The Kier molecular flexibility index (Phi) is 2.64. The number of nitrogens with zero attached hydrogens (tertiary/aromatic N) is 1. The number of para-hydroxylation sites is 1. The number of carbonyl (C=O) groups is 1. The third kappa shape index (κ3) is 2.05. The molecule has 0 aliphatic carbocycles. The number of hydrogen-bond donors (Lipinski definition) is 1. The maximum atomic E-state index is 11.6. The molecule has 1 aromatic carbocycles. The summed E-state index contributed by atoms with van der Waals surface area (Å²) in [7, 11) is -3.81. The first-order chi connectivity index (χ1) is 7.49. The molecule has 0 spiro atoms. The molecule has 0 saturated carbocycles. The average molecular weight is 256 g/mol. The number of sulfonamides is 1. The number of thiazole rings is 1. The molecule has 0 aliphatic rings. The van der Waals surface area contributed by atoms with Gasteiger partial charge in [-0.15, -0.1) is 11.3 Å². The molecule has 0 unspecified atom stereocenters. The van der Waals surface area contributed by atoms with Crippen LogP contribution in [0.3, 0.4) is 0 Å². The summed E-state index contributed by atoms with van der Waals surface area (Å²) in [5.41, 5.74) is 0.608. The number of fused-ring (bicyclic) bond motifs is 1. The highest BCUT2D eigenvalue weighted by Crippen LogP contribution is 2.24. The summed E-state index contributed by atoms with van der Waals surface area (Å²) in [6.07, 6.45) is 0. The molecular weight excluding hydrogens is 248 g/mol. The summed E-state index contributed by atoms with van der Waals surface area (Å²) in [4.78, 5) is 14.7. The van der Waals surface area contributed by atoms with E-state index >= 15 is 0 Å². The van der Waals surface area contributed by atoms with Crippen molar-refractivity contribution in [1.29, 1.82) is 0 Å². The fraction of sp³-hybridized carbons (Fsp3) is 0.111. The summed E-state index contributed by atoms with van der Waals surface area (Å²) in [6, 6.07) is 7.07. The zero-order valence-corrected chi connectivity index (χ0v) is 9.93. The Bertz CT molecular complexity index is 613. The van der Waals surface area contributed by atoms with Gasteiger partial charge in [-0.1, -0.05) is 12.1 Å². The second-order valence-electron chi connectivity index (χ2n) is 3.11. The van der Waals surface area contributed by atoms with Crippen molar-refractivity contribution in [2.45, 2.75) is 11.3 Å². The smallest absolute Gasteiger partial charge is 0.274 e. The van der Waals surface area contributed by atoms with E-state index in [0.717, 1.165) is 23.0 Å². The topological polar surface area (TPSA) is 76.1 Å². The van der Waals surface area contributed by atoms with Gasteiger partial charge in [0.1, 0.15) is 0 Å². The minimum atomic E-state index is -3.81. The van der Waals surface area contributed by atoms with Gasteiger partial charge in [0, 0.05) is 6.92 Å². The lowest BCUT2D eigenvalue weighted by Crippen LogP contribution is -2.27. The van der Waals surface area contributed by atoms with Crippen LogP contribution in [-0.2, 0) is 14.8 Å². The summed E-state index contributed by atoms with van der Waals surface area (Å²) >= 11 is 1.03. The van der Waals surface area contributed by atoms with Gasteiger partial charge < -0.3 is 0 Å². The molecule has 2 rings (SSSR count). The number of benzene rings is 1. The minimum absolute atomic E-state index is 0.0936. The van der Waals surface area contributed by atoms with Crippen molar-refractivity contribution in [3.05, 3.63) is 24.3 Å². The molecule has 0 atom stereocenters. The van der Waals surface area contributed by atoms with Crippen LogP contribution in [0.2, 0.25) is 0 Å². The van der Waals surface area contributed by atoms with Crippen LogP contribution in [0, 0.1) is 0 Å². The Balaban J connectivity index is 2.52. The van der Waals surface area contributed by atoms with Crippen LogP contribution >= 0.6 is 11.3 Å². The lowest BCUT2D eigenvalue weighted by atomic mass is 10.3. The van der Waals surface area contributed by atoms with Crippen molar-refractivity contribution < 1.29 is 13.2 Å². The van der Waals surface area contributed by atoms with Gasteiger partial charge in [-0.25, -0.2) is 9.71 Å². The predicted molar refractivity (Wildman–Crippen MR) is 60.6 cm³/mol. The molecule has 0 bridgehead atoms. The molecule has 0 saturated heterocycles. The summed E-state index contributed by atoms with van der Waals surface area (Å²) in [5, 5.41) is 0. The third-order valence-electron chi connectivity index (χ3n) is 1.78. The lowest BCUT2D eigenvalue weighted by molar-refractivity contribution is -0.117. The molecule has 1 heterocycles. The number of rotatable bonds is 2. The number of amides is 1. The highest BCUT2D eigenvalue weighted by Gasteiger charge is 2.20. The standard InChI is InChI=1S/C9H8N2O3S2/c1-6(12)11-16(13,14)9-10-7-4-2-3-5-8(7)15-9/h2-5H,1H3,(H,11,12). The molecule has 1 amide bonds. The van der Waals surface area contributed by atoms with E-state index in [1.54, 1.807) is 24.3 Å². The molecule has 0 radical (unpaired) electrons. The predicted octanol–water partition coefficient (Wildman–Crippen LogP) is 1.12. The zero-order chi connectivity index (χ0) is 11.8. The van der Waals surface area contributed by atoms with Crippen LogP contribution in [0.1, 0.15) is 6.92 Å². The van der Waals surface area contributed by atoms with Crippen molar-refractivity contribution in [1.82, 2.24) is 9.71 Å². The van der Waals surface area contributed by atoms with E-state index in [9.17, 15) is 13.2 Å². The SMILES string of the molecule is CC(=O)NS(=O)(=O)c1nc2ccccc2s1. The normalized spacial score (nSPS) is 11.6. The second kappa shape index (κ2) is 3.84. The highest BCUT2D eigenvalue weighted by atomic mass is 32.2. The van der Waals surface area contributed by atoms with Crippen molar-refractivity contribution in [3.63, 3.8) is 0 Å². The molecule has 1 N–H and O–H groups in total. The molecule has 2 aromatic rings. The molecule has 16 heavy (non-hydrogen) atoms. The van der Waals surface area contributed by atoms with Gasteiger partial charge >= 0.3 is 0 Å². The maximum Gasteiger partial charge on any atom is 0.291 e. The van der Waals surface area contributed by atoms with Crippen LogP contribution in [0.15, 0.2) is 28.6 Å². The Hall–Kier alpha value is -1.47. The molecule has 5 nitrogen and oxygen atoms in total. The first-order valence-electron chi connectivity index (χ1n) is 4.38. The molecule has 7 heteroatoms. The Morgan fingerprint density at radius 1 is 1.38 bits per heavy atom. The van der Waals surface area contributed by atoms with Gasteiger partial charge in [0.05, 0.1) is 10.2 Å². The number of carbonyl (C=O) groups excluding carboxylic acids is 1. The van der Waals surface area contributed by atoms with Gasteiger partial charge in [-0.2, -0.15) is 8.42 Å². The molecular formula is C9H8N2O3S2. The highest BCUT2D eigenvalue weighted by molar-refractivity contribution is 7.92. The minimum Gasteiger partial charge on any atom is -0.274 e. The Labute approximate surface area is 96.2 Å². The monoisotopic (exact) mass is 256 g/mol. The largest absolute Gasteiger partial charge is 0.291 e. The number of aromatic nitrogens is 1. The van der Waals surface area contributed by atoms with E-state index in [0.29, 0.717) is 5.52 Å². The van der Waals surface area contributed by atoms with Crippen molar-refractivity contribution >= 4 is 37.5 Å². The summed E-state index contributed by atoms with van der Waals surface area (Å²) in [6.45, 7) is 1.14. The van der Waals surface area contributed by atoms with Crippen LogP contribution in [-0.4, -0.2) is 19.3 Å². The fourth-order valence-corrected chi connectivity index (χ4v) is 3.41. The van der Waals surface area contributed by atoms with Gasteiger partial charge in [-0.05, 0) is 12.1 Å².